The molecule has 160 valence electrons. The van der Waals surface area contributed by atoms with Crippen molar-refractivity contribution >= 4 is 52.7 Å². The molecule has 6 heteroatoms. The molecule has 0 bridgehead atoms. The lowest BCUT2D eigenvalue weighted by atomic mass is 10.1. The number of aryl methyl sites for hydroxylation is 2. The summed E-state index contributed by atoms with van der Waals surface area (Å²) in [6, 6.07) is 18.3. The van der Waals surface area contributed by atoms with Crippen molar-refractivity contribution in [3.63, 3.8) is 0 Å². The predicted octanol–water partition coefficient (Wildman–Crippen LogP) is 4.91. The van der Waals surface area contributed by atoms with Crippen LogP contribution in [0.4, 0.5) is 17.1 Å². The molecule has 0 spiro atoms. The van der Waals surface area contributed by atoms with Gasteiger partial charge in [0.25, 0.3) is 0 Å². The van der Waals surface area contributed by atoms with Gasteiger partial charge in [0.15, 0.2) is 0 Å². The third kappa shape index (κ3) is 2.65. The summed E-state index contributed by atoms with van der Waals surface area (Å²) in [6.07, 6.45) is 0. The molecule has 2 heterocycles. The topological polar surface area (TPSA) is 40.6 Å². The summed E-state index contributed by atoms with van der Waals surface area (Å²) >= 11 is 0. The van der Waals surface area contributed by atoms with Crippen LogP contribution >= 0.6 is 14.4 Å². The van der Waals surface area contributed by atoms with Crippen LogP contribution in [0.25, 0.3) is 0 Å². The fraction of sp³-hybridized carbons (Fsp3) is 0.280. The monoisotopic (exact) mass is 450 g/mol. The predicted molar refractivity (Wildman–Crippen MR) is 133 cm³/mol. The average molecular weight is 450 g/mol. The Hall–Kier alpha value is -2.12. The van der Waals surface area contributed by atoms with Crippen molar-refractivity contribution in [1.82, 2.24) is 4.67 Å². The molecule has 3 aromatic rings. The van der Waals surface area contributed by atoms with Gasteiger partial charge < -0.3 is 9.46 Å². The van der Waals surface area contributed by atoms with Gasteiger partial charge in [-0.25, -0.2) is 4.67 Å². The second kappa shape index (κ2) is 6.94. The van der Waals surface area contributed by atoms with E-state index in [2.05, 4.69) is 59.8 Å². The zero-order valence-electron chi connectivity index (χ0n) is 18.7. The molecule has 0 aliphatic carbocycles. The van der Waals surface area contributed by atoms with Crippen molar-refractivity contribution < 1.29 is 9.13 Å². The van der Waals surface area contributed by atoms with Gasteiger partial charge in [-0.3, -0.25) is 4.57 Å². The fourth-order valence-electron chi connectivity index (χ4n) is 5.12. The molecule has 0 saturated carbocycles. The maximum Gasteiger partial charge on any atom is 0.211 e. The number of rotatable bonds is 3. The Kier molecular flexibility index (Phi) is 4.65. The molecule has 0 amide bonds. The maximum atomic E-state index is 15.0. The Labute approximate surface area is 184 Å². The Morgan fingerprint density at radius 1 is 0.774 bits per heavy atom. The summed E-state index contributed by atoms with van der Waals surface area (Å²) in [5, 5.41) is 3.37. The SMILES string of the molecule is CCN(CC)P1(=O)c2cc(C)ccc2N2c3ccc(C)cc3P(C)(=O)c3cccc1c32. The van der Waals surface area contributed by atoms with Crippen LogP contribution in [0.1, 0.15) is 25.0 Å². The molecule has 0 fully saturated rings. The molecule has 0 saturated heterocycles. The molecular formula is C25H28N2O2P2. The Morgan fingerprint density at radius 2 is 1.32 bits per heavy atom. The molecule has 5 rings (SSSR count). The average Bonchev–Trinajstić information content (AvgIpc) is 2.75. The van der Waals surface area contributed by atoms with Crippen molar-refractivity contribution in [2.24, 2.45) is 0 Å². The van der Waals surface area contributed by atoms with Gasteiger partial charge >= 0.3 is 0 Å². The zero-order valence-corrected chi connectivity index (χ0v) is 20.5. The highest BCUT2D eigenvalue weighted by Gasteiger charge is 2.48. The number of fused-ring (bicyclic) bond motifs is 4. The minimum atomic E-state index is -3.08. The van der Waals surface area contributed by atoms with Gasteiger partial charge in [0.1, 0.15) is 7.14 Å². The molecule has 4 nitrogen and oxygen atoms in total. The van der Waals surface area contributed by atoms with Gasteiger partial charge in [-0.1, -0.05) is 43.2 Å². The van der Waals surface area contributed by atoms with Gasteiger partial charge in [-0.05, 0) is 56.9 Å². The first-order valence-corrected chi connectivity index (χ1v) is 14.7. The summed E-state index contributed by atoms with van der Waals surface area (Å²) in [7, 11) is -5.92. The van der Waals surface area contributed by atoms with Crippen LogP contribution in [0.2, 0.25) is 0 Å². The van der Waals surface area contributed by atoms with E-state index in [0.29, 0.717) is 13.1 Å². The van der Waals surface area contributed by atoms with E-state index in [1.165, 1.54) is 0 Å². The summed E-state index contributed by atoms with van der Waals surface area (Å²) < 4.78 is 31.3. The van der Waals surface area contributed by atoms with Crippen LogP contribution in [0.15, 0.2) is 54.6 Å². The van der Waals surface area contributed by atoms with Crippen LogP contribution in [0, 0.1) is 13.8 Å². The van der Waals surface area contributed by atoms with E-state index in [9.17, 15) is 4.57 Å². The highest BCUT2D eigenvalue weighted by molar-refractivity contribution is 7.80. The first-order chi connectivity index (χ1) is 14.7. The van der Waals surface area contributed by atoms with E-state index in [4.69, 9.17) is 0 Å². The molecular weight excluding hydrogens is 422 g/mol. The van der Waals surface area contributed by atoms with Crippen molar-refractivity contribution in [1.29, 1.82) is 0 Å². The minimum Gasteiger partial charge on any atom is -0.314 e. The van der Waals surface area contributed by atoms with Crippen LogP contribution in [-0.4, -0.2) is 24.4 Å². The van der Waals surface area contributed by atoms with E-state index < -0.39 is 14.4 Å². The van der Waals surface area contributed by atoms with Crippen LogP contribution in [0.5, 0.6) is 0 Å². The van der Waals surface area contributed by atoms with E-state index in [1.807, 2.05) is 38.7 Å². The summed E-state index contributed by atoms with van der Waals surface area (Å²) in [5.41, 5.74) is 4.91. The normalized spacial score (nSPS) is 23.4. The van der Waals surface area contributed by atoms with E-state index in [1.54, 1.807) is 0 Å². The van der Waals surface area contributed by atoms with Crippen molar-refractivity contribution in [2.45, 2.75) is 27.7 Å². The Morgan fingerprint density at radius 3 is 1.94 bits per heavy atom. The van der Waals surface area contributed by atoms with Gasteiger partial charge in [0, 0.05) is 23.7 Å². The lowest BCUT2D eigenvalue weighted by molar-refractivity contribution is 0.458. The van der Waals surface area contributed by atoms with E-state index >= 15 is 4.57 Å². The fourth-order valence-corrected chi connectivity index (χ4v) is 10.9. The third-order valence-electron chi connectivity index (χ3n) is 6.66. The highest BCUT2D eigenvalue weighted by atomic mass is 31.2. The lowest BCUT2D eigenvalue weighted by Gasteiger charge is -2.45. The summed E-state index contributed by atoms with van der Waals surface area (Å²) in [6.45, 7) is 11.4. The number of hydrogen-bond donors (Lipinski definition) is 0. The first kappa shape index (κ1) is 20.8. The quantitative estimate of drug-likeness (QED) is 0.532. The second-order valence-electron chi connectivity index (χ2n) is 8.60. The van der Waals surface area contributed by atoms with Crippen molar-refractivity contribution in [3.05, 3.63) is 65.7 Å². The van der Waals surface area contributed by atoms with Crippen LogP contribution in [0.3, 0.4) is 0 Å². The Balaban J connectivity index is 1.97. The zero-order chi connectivity index (χ0) is 22.1. The molecule has 31 heavy (non-hydrogen) atoms. The number of benzene rings is 3. The summed E-state index contributed by atoms with van der Waals surface area (Å²) in [5.74, 6) is 0. The van der Waals surface area contributed by atoms with Crippen LogP contribution < -0.4 is 26.1 Å². The Bertz CT molecular complexity index is 1330. The molecule has 2 atom stereocenters. The number of hydrogen-bond acceptors (Lipinski definition) is 3. The number of anilines is 3. The maximum absolute atomic E-state index is 15.0. The van der Waals surface area contributed by atoms with Gasteiger partial charge in [0.2, 0.25) is 7.29 Å². The molecule has 2 aliphatic rings. The molecule has 0 radical (unpaired) electrons. The van der Waals surface area contributed by atoms with Crippen LogP contribution in [-0.2, 0) is 9.13 Å². The lowest BCUT2D eigenvalue weighted by Crippen LogP contribution is -2.45. The van der Waals surface area contributed by atoms with Gasteiger partial charge in [0.05, 0.1) is 27.7 Å². The third-order valence-corrected chi connectivity index (χ3v) is 12.6. The highest BCUT2D eigenvalue weighted by Crippen LogP contribution is 2.61. The molecule has 0 N–H and O–H groups in total. The molecule has 2 aliphatic heterocycles. The van der Waals surface area contributed by atoms with Gasteiger partial charge in [-0.15, -0.1) is 0 Å². The largest absolute Gasteiger partial charge is 0.314 e. The van der Waals surface area contributed by atoms with Crippen molar-refractivity contribution in [2.75, 3.05) is 24.7 Å². The standard InChI is InChI=1S/C25H28N2O2P2/c1-6-26(7-2)31(29)22-10-8-9-21-25(22)27(20-14-12-18(4)16-24(20)31)19-13-11-17(3)15-23(19)30(21,5)28/h8-16H,6-7H2,1-5H3. The number of nitrogens with zero attached hydrogens (tertiary/aromatic N) is 2. The van der Waals surface area contributed by atoms with Gasteiger partial charge in [-0.2, -0.15) is 0 Å². The molecule has 3 aromatic carbocycles. The van der Waals surface area contributed by atoms with Crippen molar-refractivity contribution in [3.8, 4) is 0 Å². The van der Waals surface area contributed by atoms with E-state index in [-0.39, 0.29) is 0 Å². The molecule has 0 aromatic heterocycles. The molecule has 2 unspecified atom stereocenters. The smallest absolute Gasteiger partial charge is 0.211 e. The van der Waals surface area contributed by atoms with E-state index in [0.717, 1.165) is 49.4 Å². The minimum absolute atomic E-state index is 0.685. The number of para-hydroxylation sites is 1. The summed E-state index contributed by atoms with van der Waals surface area (Å²) in [4.78, 5) is 2.20. The first-order valence-electron chi connectivity index (χ1n) is 10.8. The second-order valence-corrected chi connectivity index (χ2v) is 14.1.